The predicted molar refractivity (Wildman–Crippen MR) is 114 cm³/mol. The van der Waals surface area contributed by atoms with Crippen molar-refractivity contribution in [3.8, 4) is 22.6 Å². The van der Waals surface area contributed by atoms with Crippen LogP contribution >= 0.6 is 0 Å². The normalized spacial score (nSPS) is 12.4. The highest BCUT2D eigenvalue weighted by Crippen LogP contribution is 2.39. The largest absolute Gasteiger partial charge is 0.494 e. The summed E-state index contributed by atoms with van der Waals surface area (Å²) in [4.78, 5) is 0. The molecule has 0 unspecified atom stereocenters. The van der Waals surface area contributed by atoms with Gasteiger partial charge in [0.25, 0.3) is 0 Å². The van der Waals surface area contributed by atoms with E-state index in [1.165, 1.54) is 31.2 Å². The highest BCUT2D eigenvalue weighted by molar-refractivity contribution is 5.75. The maximum Gasteiger partial charge on any atom is 0.168 e. The lowest BCUT2D eigenvalue weighted by molar-refractivity contribution is 0.289. The fourth-order valence-corrected chi connectivity index (χ4v) is 3.88. The summed E-state index contributed by atoms with van der Waals surface area (Å²) in [6, 6.07) is 9.97. The maximum atomic E-state index is 15.0. The first-order valence-electron chi connectivity index (χ1n) is 10.9. The lowest BCUT2D eigenvalue weighted by atomic mass is 9.85. The lowest BCUT2D eigenvalue weighted by Gasteiger charge is -2.22. The molecule has 0 saturated heterocycles. The number of hydrogen-bond donors (Lipinski definition) is 0. The zero-order chi connectivity index (χ0) is 19.8. The van der Waals surface area contributed by atoms with Crippen LogP contribution in [0, 0.1) is 5.82 Å². The SMILES string of the molecule is CCCCCCCCOc1ccc2c(c1F)CCc1cc(OCCC)ccc1-2. The van der Waals surface area contributed by atoms with Gasteiger partial charge in [-0.1, -0.05) is 58.1 Å². The molecule has 3 rings (SSSR count). The van der Waals surface area contributed by atoms with Crippen LogP contribution in [0.3, 0.4) is 0 Å². The third-order valence-corrected chi connectivity index (χ3v) is 5.45. The van der Waals surface area contributed by atoms with E-state index in [1.54, 1.807) is 6.07 Å². The van der Waals surface area contributed by atoms with Gasteiger partial charge in [-0.15, -0.1) is 0 Å². The summed E-state index contributed by atoms with van der Waals surface area (Å²) in [7, 11) is 0. The van der Waals surface area contributed by atoms with Crippen molar-refractivity contribution in [3.63, 3.8) is 0 Å². The highest BCUT2D eigenvalue weighted by atomic mass is 19.1. The molecule has 1 aliphatic carbocycles. The Labute approximate surface area is 169 Å². The van der Waals surface area contributed by atoms with Crippen LogP contribution < -0.4 is 9.47 Å². The molecule has 0 bridgehead atoms. The Kier molecular flexibility index (Phi) is 7.76. The molecule has 2 aromatic rings. The van der Waals surface area contributed by atoms with Gasteiger partial charge in [-0.05, 0) is 66.1 Å². The molecule has 0 N–H and O–H groups in total. The van der Waals surface area contributed by atoms with Gasteiger partial charge in [-0.3, -0.25) is 0 Å². The Morgan fingerprint density at radius 2 is 1.57 bits per heavy atom. The van der Waals surface area contributed by atoms with E-state index >= 15 is 4.39 Å². The fraction of sp³-hybridized carbons (Fsp3) is 0.520. The number of benzene rings is 2. The molecule has 0 fully saturated rings. The summed E-state index contributed by atoms with van der Waals surface area (Å²) in [5.41, 5.74) is 4.13. The smallest absolute Gasteiger partial charge is 0.168 e. The van der Waals surface area contributed by atoms with Crippen LogP contribution in [0.2, 0.25) is 0 Å². The standard InChI is InChI=1S/C25H33FO2/c1-3-5-6-7-8-9-17-28-24-15-14-22-21-13-11-20(27-16-4-2)18-19(21)10-12-23(22)25(24)26/h11,13-15,18H,3-10,12,16-17H2,1-2H3. The molecule has 0 saturated carbocycles. The molecule has 0 heterocycles. The van der Waals surface area contributed by atoms with Gasteiger partial charge >= 0.3 is 0 Å². The number of ether oxygens (including phenoxy) is 2. The number of rotatable bonds is 11. The van der Waals surface area contributed by atoms with Crippen molar-refractivity contribution >= 4 is 0 Å². The van der Waals surface area contributed by atoms with Gasteiger partial charge in [0.2, 0.25) is 0 Å². The van der Waals surface area contributed by atoms with Gasteiger partial charge < -0.3 is 9.47 Å². The summed E-state index contributed by atoms with van der Waals surface area (Å²) in [6.45, 7) is 5.64. The number of aryl methyl sites for hydroxylation is 1. The minimum atomic E-state index is -0.180. The maximum absolute atomic E-state index is 15.0. The van der Waals surface area contributed by atoms with Crippen molar-refractivity contribution in [2.45, 2.75) is 71.6 Å². The molecular formula is C25H33FO2. The second kappa shape index (κ2) is 10.5. The number of unbranched alkanes of at least 4 members (excludes halogenated alkanes) is 5. The van der Waals surface area contributed by atoms with Crippen LogP contribution in [-0.2, 0) is 12.8 Å². The molecule has 1 aliphatic rings. The topological polar surface area (TPSA) is 18.5 Å². The predicted octanol–water partition coefficient (Wildman–Crippen LogP) is 7.12. The molecule has 0 aromatic heterocycles. The molecule has 0 atom stereocenters. The summed E-state index contributed by atoms with van der Waals surface area (Å²) in [5.74, 6) is 1.13. The van der Waals surface area contributed by atoms with Crippen molar-refractivity contribution in [1.82, 2.24) is 0 Å². The molecule has 152 valence electrons. The zero-order valence-corrected chi connectivity index (χ0v) is 17.4. The second-order valence-corrected chi connectivity index (χ2v) is 7.69. The number of hydrogen-bond acceptors (Lipinski definition) is 2. The monoisotopic (exact) mass is 384 g/mol. The van der Waals surface area contributed by atoms with Gasteiger partial charge in [0, 0.05) is 0 Å². The molecule has 28 heavy (non-hydrogen) atoms. The van der Waals surface area contributed by atoms with Crippen molar-refractivity contribution < 1.29 is 13.9 Å². The van der Waals surface area contributed by atoms with Gasteiger partial charge in [-0.2, -0.15) is 0 Å². The van der Waals surface area contributed by atoms with E-state index < -0.39 is 0 Å². The average molecular weight is 385 g/mol. The Bertz CT molecular complexity index is 769. The van der Waals surface area contributed by atoms with E-state index in [0.29, 0.717) is 18.8 Å². The van der Waals surface area contributed by atoms with E-state index in [2.05, 4.69) is 26.0 Å². The van der Waals surface area contributed by atoms with Crippen LogP contribution in [-0.4, -0.2) is 13.2 Å². The molecule has 0 spiro atoms. The zero-order valence-electron chi connectivity index (χ0n) is 17.4. The first-order valence-corrected chi connectivity index (χ1v) is 10.9. The van der Waals surface area contributed by atoms with Crippen molar-refractivity contribution in [2.24, 2.45) is 0 Å². The molecule has 2 aromatic carbocycles. The first-order chi connectivity index (χ1) is 13.7. The highest BCUT2D eigenvalue weighted by Gasteiger charge is 2.22. The number of fused-ring (bicyclic) bond motifs is 3. The van der Waals surface area contributed by atoms with Crippen molar-refractivity contribution in [3.05, 3.63) is 47.3 Å². The quantitative estimate of drug-likeness (QED) is 0.384. The minimum absolute atomic E-state index is 0.180. The second-order valence-electron chi connectivity index (χ2n) is 7.69. The molecule has 2 nitrogen and oxygen atoms in total. The lowest BCUT2D eigenvalue weighted by Crippen LogP contribution is -2.09. The van der Waals surface area contributed by atoms with Gasteiger partial charge in [0.1, 0.15) is 5.75 Å². The number of halogens is 1. The van der Waals surface area contributed by atoms with Gasteiger partial charge in [0.05, 0.1) is 13.2 Å². The van der Waals surface area contributed by atoms with E-state index in [4.69, 9.17) is 9.47 Å². The average Bonchev–Trinajstić information content (AvgIpc) is 2.72. The Hall–Kier alpha value is -2.03. The summed E-state index contributed by atoms with van der Waals surface area (Å²) in [6.07, 6.45) is 9.77. The summed E-state index contributed by atoms with van der Waals surface area (Å²) in [5, 5.41) is 0. The van der Waals surface area contributed by atoms with Gasteiger partial charge in [0.15, 0.2) is 11.6 Å². The van der Waals surface area contributed by atoms with Crippen LogP contribution in [0.4, 0.5) is 4.39 Å². The fourth-order valence-electron chi connectivity index (χ4n) is 3.88. The van der Waals surface area contributed by atoms with Crippen molar-refractivity contribution in [2.75, 3.05) is 13.2 Å². The van der Waals surface area contributed by atoms with Crippen LogP contribution in [0.1, 0.15) is 69.9 Å². The molecule has 0 radical (unpaired) electrons. The Morgan fingerprint density at radius 1 is 0.786 bits per heavy atom. The third-order valence-electron chi connectivity index (χ3n) is 5.45. The third kappa shape index (κ3) is 5.06. The van der Waals surface area contributed by atoms with E-state index in [0.717, 1.165) is 54.7 Å². The van der Waals surface area contributed by atoms with E-state index in [1.807, 2.05) is 12.1 Å². The molecular weight excluding hydrogens is 351 g/mol. The van der Waals surface area contributed by atoms with Crippen LogP contribution in [0.5, 0.6) is 11.5 Å². The summed E-state index contributed by atoms with van der Waals surface area (Å²) >= 11 is 0. The minimum Gasteiger partial charge on any atom is -0.494 e. The van der Waals surface area contributed by atoms with E-state index in [9.17, 15) is 0 Å². The molecule has 0 amide bonds. The van der Waals surface area contributed by atoms with Gasteiger partial charge in [-0.25, -0.2) is 4.39 Å². The Balaban J connectivity index is 1.64. The molecule has 3 heteroatoms. The van der Waals surface area contributed by atoms with E-state index in [-0.39, 0.29) is 5.82 Å². The van der Waals surface area contributed by atoms with Crippen LogP contribution in [0.15, 0.2) is 30.3 Å². The summed E-state index contributed by atoms with van der Waals surface area (Å²) < 4.78 is 26.5. The van der Waals surface area contributed by atoms with Crippen molar-refractivity contribution in [1.29, 1.82) is 0 Å². The Morgan fingerprint density at radius 3 is 2.39 bits per heavy atom. The van der Waals surface area contributed by atoms with Crippen LogP contribution in [0.25, 0.3) is 11.1 Å². The first kappa shape index (κ1) is 20.7. The molecule has 0 aliphatic heterocycles.